The van der Waals surface area contributed by atoms with E-state index in [1.807, 2.05) is 11.3 Å². The van der Waals surface area contributed by atoms with Crippen LogP contribution >= 0.6 is 11.3 Å². The molecule has 0 amide bonds. The van der Waals surface area contributed by atoms with Crippen molar-refractivity contribution in [3.05, 3.63) is 10.6 Å². The number of nitrogens with zero attached hydrogens (tertiary/aromatic N) is 2. The van der Waals surface area contributed by atoms with Crippen molar-refractivity contribution in [1.29, 1.82) is 0 Å². The molecule has 0 saturated heterocycles. The monoisotopic (exact) mass is 239 g/mol. The van der Waals surface area contributed by atoms with Crippen LogP contribution in [-0.4, -0.2) is 25.1 Å². The molecule has 1 unspecified atom stereocenters. The molecule has 16 heavy (non-hydrogen) atoms. The predicted octanol–water partition coefficient (Wildman–Crippen LogP) is 2.59. The van der Waals surface area contributed by atoms with E-state index in [1.54, 1.807) is 0 Å². The van der Waals surface area contributed by atoms with Gasteiger partial charge in [0.15, 0.2) is 5.13 Å². The summed E-state index contributed by atoms with van der Waals surface area (Å²) in [4.78, 5) is 8.52. The maximum atomic E-state index is 4.80. The zero-order valence-electron chi connectivity index (χ0n) is 10.4. The first-order valence-electron chi connectivity index (χ1n) is 6.20. The lowest BCUT2D eigenvalue weighted by molar-refractivity contribution is 0.465. The summed E-state index contributed by atoms with van der Waals surface area (Å²) in [5.74, 6) is 0. The standard InChI is InChI=1S/C12H21N3S/c1-4-13-9-7-6-8-10-11(9)14-12(16-10)15(3)5-2/h9,13H,4-8H2,1-3H3. The summed E-state index contributed by atoms with van der Waals surface area (Å²) in [5.41, 5.74) is 1.31. The smallest absolute Gasteiger partial charge is 0.185 e. The fourth-order valence-electron chi connectivity index (χ4n) is 2.15. The Morgan fingerprint density at radius 1 is 1.50 bits per heavy atom. The van der Waals surface area contributed by atoms with Gasteiger partial charge in [-0.2, -0.15) is 0 Å². The van der Waals surface area contributed by atoms with E-state index in [0.717, 1.165) is 13.1 Å². The van der Waals surface area contributed by atoms with Crippen molar-refractivity contribution in [2.24, 2.45) is 0 Å². The summed E-state index contributed by atoms with van der Waals surface area (Å²) >= 11 is 1.87. The molecule has 2 rings (SSSR count). The van der Waals surface area contributed by atoms with Crippen molar-refractivity contribution in [2.45, 2.75) is 39.2 Å². The summed E-state index contributed by atoms with van der Waals surface area (Å²) in [5, 5.41) is 4.71. The molecule has 3 nitrogen and oxygen atoms in total. The van der Waals surface area contributed by atoms with Crippen molar-refractivity contribution in [3.8, 4) is 0 Å². The maximum Gasteiger partial charge on any atom is 0.185 e. The number of nitrogens with one attached hydrogen (secondary N) is 1. The van der Waals surface area contributed by atoms with Crippen LogP contribution in [0.3, 0.4) is 0 Å². The molecule has 1 heterocycles. The van der Waals surface area contributed by atoms with Gasteiger partial charge in [0, 0.05) is 18.5 Å². The largest absolute Gasteiger partial charge is 0.351 e. The predicted molar refractivity (Wildman–Crippen MR) is 70.4 cm³/mol. The lowest BCUT2D eigenvalue weighted by Crippen LogP contribution is -2.24. The van der Waals surface area contributed by atoms with Crippen molar-refractivity contribution >= 4 is 16.5 Å². The third-order valence-electron chi connectivity index (χ3n) is 3.19. The van der Waals surface area contributed by atoms with Crippen molar-refractivity contribution in [3.63, 3.8) is 0 Å². The number of aromatic nitrogens is 1. The minimum absolute atomic E-state index is 0.490. The van der Waals surface area contributed by atoms with Gasteiger partial charge < -0.3 is 10.2 Å². The SMILES string of the molecule is CCNC1CCCc2sc(N(C)CC)nc21. The van der Waals surface area contributed by atoms with Crippen molar-refractivity contribution in [1.82, 2.24) is 10.3 Å². The summed E-state index contributed by atoms with van der Waals surface area (Å²) in [6, 6.07) is 0.490. The Balaban J connectivity index is 2.23. The third-order valence-corrected chi connectivity index (χ3v) is 4.44. The Bertz CT molecular complexity index is 348. The zero-order valence-corrected chi connectivity index (χ0v) is 11.2. The molecular formula is C12H21N3S. The van der Waals surface area contributed by atoms with Gasteiger partial charge in [-0.05, 0) is 32.7 Å². The number of anilines is 1. The summed E-state index contributed by atoms with van der Waals surface area (Å²) in [7, 11) is 2.12. The molecule has 1 aromatic heterocycles. The summed E-state index contributed by atoms with van der Waals surface area (Å²) in [6.07, 6.45) is 3.74. The van der Waals surface area contributed by atoms with E-state index in [0.29, 0.717) is 6.04 Å². The third kappa shape index (κ3) is 2.23. The minimum Gasteiger partial charge on any atom is -0.351 e. The van der Waals surface area contributed by atoms with Crippen molar-refractivity contribution in [2.75, 3.05) is 25.0 Å². The second-order valence-corrected chi connectivity index (χ2v) is 5.38. The van der Waals surface area contributed by atoms with Crippen molar-refractivity contribution < 1.29 is 0 Å². The van der Waals surface area contributed by atoms with Gasteiger partial charge in [0.05, 0.1) is 11.7 Å². The zero-order chi connectivity index (χ0) is 11.5. The molecule has 0 aromatic carbocycles. The van der Waals surface area contributed by atoms with Crippen LogP contribution in [0.5, 0.6) is 0 Å². The first-order chi connectivity index (χ1) is 7.76. The lowest BCUT2D eigenvalue weighted by Gasteiger charge is -2.21. The maximum absolute atomic E-state index is 4.80. The van der Waals surface area contributed by atoms with Gasteiger partial charge in [-0.15, -0.1) is 11.3 Å². The fraction of sp³-hybridized carbons (Fsp3) is 0.750. The first kappa shape index (κ1) is 11.9. The van der Waals surface area contributed by atoms with Gasteiger partial charge in [0.2, 0.25) is 0 Å². The summed E-state index contributed by atoms with van der Waals surface area (Å²) in [6.45, 7) is 6.39. The van der Waals surface area contributed by atoms with Gasteiger partial charge in [0.1, 0.15) is 0 Å². The molecule has 0 fully saturated rings. The summed E-state index contributed by atoms with van der Waals surface area (Å²) < 4.78 is 0. The average molecular weight is 239 g/mol. The Hall–Kier alpha value is -0.610. The Kier molecular flexibility index (Phi) is 3.82. The van der Waals surface area contributed by atoms with E-state index in [4.69, 9.17) is 4.98 Å². The Labute approximate surface area is 102 Å². The van der Waals surface area contributed by atoms with Gasteiger partial charge in [0.25, 0.3) is 0 Å². The molecule has 4 heteroatoms. The Morgan fingerprint density at radius 3 is 3.00 bits per heavy atom. The highest BCUT2D eigenvalue weighted by Gasteiger charge is 2.24. The van der Waals surface area contributed by atoms with Crippen LogP contribution in [0.4, 0.5) is 5.13 Å². The highest BCUT2D eigenvalue weighted by molar-refractivity contribution is 7.15. The molecule has 1 aliphatic carbocycles. The van der Waals surface area contributed by atoms with Crippen LogP contribution in [0.2, 0.25) is 0 Å². The normalized spacial score (nSPS) is 19.6. The van der Waals surface area contributed by atoms with Crippen LogP contribution < -0.4 is 10.2 Å². The topological polar surface area (TPSA) is 28.2 Å². The molecular weight excluding hydrogens is 218 g/mol. The van der Waals surface area contributed by atoms with Crippen LogP contribution in [0.15, 0.2) is 0 Å². The van der Waals surface area contributed by atoms with E-state index in [1.165, 1.54) is 35.0 Å². The number of aryl methyl sites for hydroxylation is 1. The number of hydrogen-bond donors (Lipinski definition) is 1. The fourth-order valence-corrected chi connectivity index (χ4v) is 3.34. The number of rotatable bonds is 4. The number of hydrogen-bond acceptors (Lipinski definition) is 4. The van der Waals surface area contributed by atoms with Gasteiger partial charge >= 0.3 is 0 Å². The highest BCUT2D eigenvalue weighted by Crippen LogP contribution is 2.36. The second-order valence-electron chi connectivity index (χ2n) is 4.32. The molecule has 0 saturated carbocycles. The molecule has 90 valence electrons. The molecule has 0 spiro atoms. The highest BCUT2D eigenvalue weighted by atomic mass is 32.1. The molecule has 1 aliphatic rings. The van der Waals surface area contributed by atoms with Gasteiger partial charge in [-0.3, -0.25) is 0 Å². The van der Waals surface area contributed by atoms with E-state index in [9.17, 15) is 0 Å². The first-order valence-corrected chi connectivity index (χ1v) is 7.02. The molecule has 1 aromatic rings. The van der Waals surface area contributed by atoms with E-state index < -0.39 is 0 Å². The van der Waals surface area contributed by atoms with Gasteiger partial charge in [-0.1, -0.05) is 6.92 Å². The van der Waals surface area contributed by atoms with E-state index in [2.05, 4.69) is 31.1 Å². The minimum atomic E-state index is 0.490. The van der Waals surface area contributed by atoms with Gasteiger partial charge in [-0.25, -0.2) is 4.98 Å². The number of thiazole rings is 1. The van der Waals surface area contributed by atoms with Crippen LogP contribution in [0, 0.1) is 0 Å². The average Bonchev–Trinajstić information content (AvgIpc) is 2.73. The van der Waals surface area contributed by atoms with Crippen LogP contribution in [-0.2, 0) is 6.42 Å². The molecule has 0 radical (unpaired) electrons. The van der Waals surface area contributed by atoms with E-state index in [-0.39, 0.29) is 0 Å². The Morgan fingerprint density at radius 2 is 2.31 bits per heavy atom. The van der Waals surface area contributed by atoms with Crippen LogP contribution in [0.1, 0.15) is 43.3 Å². The van der Waals surface area contributed by atoms with Crippen LogP contribution in [0.25, 0.3) is 0 Å². The second kappa shape index (κ2) is 5.15. The molecule has 1 N–H and O–H groups in total. The lowest BCUT2D eigenvalue weighted by atomic mass is 9.98. The number of fused-ring (bicyclic) bond motifs is 1. The molecule has 1 atom stereocenters. The molecule has 0 bridgehead atoms. The quantitative estimate of drug-likeness (QED) is 0.875. The molecule has 0 aliphatic heterocycles. The van der Waals surface area contributed by atoms with E-state index >= 15 is 0 Å².